The Bertz CT molecular complexity index is 1200. The number of aliphatic hydroxyl groups is 3. The summed E-state index contributed by atoms with van der Waals surface area (Å²) >= 11 is 7.30. The molecule has 1 spiro atoms. The van der Waals surface area contributed by atoms with Crippen molar-refractivity contribution in [2.75, 3.05) is 6.61 Å². The highest BCUT2D eigenvalue weighted by molar-refractivity contribution is 7.16. The molecule has 0 aromatic carbocycles. The van der Waals surface area contributed by atoms with Gasteiger partial charge in [-0.05, 0) is 53.6 Å². The number of Topliss-reactive ketones (excluding diaryl/α,β-unsaturated/α-hetero) is 1. The van der Waals surface area contributed by atoms with Crippen molar-refractivity contribution in [2.45, 2.75) is 71.7 Å². The zero-order valence-electron chi connectivity index (χ0n) is 21.4. The van der Waals surface area contributed by atoms with E-state index in [0.29, 0.717) is 16.9 Å². The number of hydrogen-bond acceptors (Lipinski definition) is 8. The van der Waals surface area contributed by atoms with Crippen molar-refractivity contribution in [3.05, 3.63) is 38.3 Å². The lowest BCUT2D eigenvalue weighted by atomic mass is 9.59. The molecule has 0 aliphatic heterocycles. The normalized spacial score (nSPS) is 40.6. The molecule has 4 aliphatic carbocycles. The summed E-state index contributed by atoms with van der Waals surface area (Å²) in [5, 5.41) is 34.3. The number of nitrogens with zero attached hydrogens (tertiary/aromatic N) is 1. The molecule has 1 heterocycles. The van der Waals surface area contributed by atoms with E-state index in [-0.39, 0.29) is 50.6 Å². The van der Waals surface area contributed by atoms with Crippen molar-refractivity contribution < 1.29 is 29.6 Å². The van der Waals surface area contributed by atoms with Gasteiger partial charge in [0.2, 0.25) is 0 Å². The first-order chi connectivity index (χ1) is 16.7. The van der Waals surface area contributed by atoms with Crippen LogP contribution in [0.3, 0.4) is 0 Å². The van der Waals surface area contributed by atoms with Gasteiger partial charge in [-0.2, -0.15) is 0 Å². The second kappa shape index (κ2) is 8.21. The molecule has 3 N–H and O–H groups in total. The van der Waals surface area contributed by atoms with Crippen LogP contribution in [0.1, 0.15) is 69.2 Å². The topological polar surface area (TPSA) is 117 Å². The highest BCUT2D eigenvalue weighted by Crippen LogP contribution is 2.71. The smallest absolute Gasteiger partial charge is 0.358 e. The van der Waals surface area contributed by atoms with E-state index in [9.17, 15) is 24.9 Å². The molecule has 36 heavy (non-hydrogen) atoms. The molecule has 2 saturated carbocycles. The molecular weight excluding hydrogens is 502 g/mol. The molecule has 2 bridgehead atoms. The first-order valence-corrected chi connectivity index (χ1v) is 13.8. The van der Waals surface area contributed by atoms with E-state index in [1.54, 1.807) is 19.1 Å². The van der Waals surface area contributed by atoms with Gasteiger partial charge in [0.25, 0.3) is 0 Å². The molecule has 9 heteroatoms. The van der Waals surface area contributed by atoms with Crippen LogP contribution in [-0.4, -0.2) is 56.5 Å². The summed E-state index contributed by atoms with van der Waals surface area (Å²) in [5.74, 6) is -1.53. The van der Waals surface area contributed by atoms with E-state index in [2.05, 4.69) is 18.8 Å². The van der Waals surface area contributed by atoms with Gasteiger partial charge >= 0.3 is 5.97 Å². The maximum absolute atomic E-state index is 14.4. The summed E-state index contributed by atoms with van der Waals surface area (Å²) in [7, 11) is 0. The molecule has 8 atom stereocenters. The van der Waals surface area contributed by atoms with Crippen molar-refractivity contribution >= 4 is 34.7 Å². The second-order valence-electron chi connectivity index (χ2n) is 12.0. The molecule has 7 nitrogen and oxygen atoms in total. The van der Waals surface area contributed by atoms with E-state index in [4.69, 9.17) is 16.3 Å². The highest BCUT2D eigenvalue weighted by Gasteiger charge is 2.76. The number of aromatic nitrogens is 1. The molecule has 5 rings (SSSR count). The third kappa shape index (κ3) is 3.17. The fourth-order valence-corrected chi connectivity index (χ4v) is 8.71. The maximum atomic E-state index is 14.4. The summed E-state index contributed by atoms with van der Waals surface area (Å²) in [5.41, 5.74) is -2.96. The standard InChI is InChI=1S/C27H34ClNO6S/c1-11(2)19-18(29-24(28)36-19)23(33)35-22-12(3)9-26-13(4)7-16-17(25(16,5)6)15(21(26)32)8-14(10-30)20(31)27(22,26)34/h8-9,11,13,15-17,20,22,30-31,34H,7,10H2,1-6H3/t13?,15-,16+,17-,20+,22-,26?,27-/m0/s1. The van der Waals surface area contributed by atoms with E-state index in [0.717, 1.165) is 0 Å². The van der Waals surface area contributed by atoms with Gasteiger partial charge in [-0.25, -0.2) is 9.78 Å². The number of fused-ring (bicyclic) bond motifs is 3. The van der Waals surface area contributed by atoms with Gasteiger partial charge in [-0.3, -0.25) is 4.79 Å². The van der Waals surface area contributed by atoms with Crippen LogP contribution in [0.2, 0.25) is 4.47 Å². The van der Waals surface area contributed by atoms with Crippen LogP contribution >= 0.6 is 22.9 Å². The Morgan fingerprint density at radius 3 is 2.64 bits per heavy atom. The van der Waals surface area contributed by atoms with E-state index in [1.807, 2.05) is 20.8 Å². The number of thiazole rings is 1. The lowest BCUT2D eigenvalue weighted by Gasteiger charge is -2.48. The number of esters is 1. The minimum Gasteiger partial charge on any atom is -0.450 e. The highest BCUT2D eigenvalue weighted by atomic mass is 35.5. The van der Waals surface area contributed by atoms with Crippen molar-refractivity contribution in [3.8, 4) is 0 Å². The van der Waals surface area contributed by atoms with E-state index in [1.165, 1.54) is 11.3 Å². The molecule has 0 radical (unpaired) electrons. The molecule has 0 amide bonds. The fraction of sp³-hybridized carbons (Fsp3) is 0.667. The Balaban J connectivity index is 1.63. The van der Waals surface area contributed by atoms with Crippen LogP contribution in [0.4, 0.5) is 0 Å². The fourth-order valence-electron chi connectivity index (χ4n) is 7.60. The Hall–Kier alpha value is -1.58. The lowest BCUT2D eigenvalue weighted by molar-refractivity contribution is -0.190. The van der Waals surface area contributed by atoms with Crippen molar-refractivity contribution in [1.29, 1.82) is 0 Å². The Labute approximate surface area is 220 Å². The zero-order valence-corrected chi connectivity index (χ0v) is 23.0. The minimum atomic E-state index is -2.18. The first-order valence-electron chi connectivity index (χ1n) is 12.6. The lowest BCUT2D eigenvalue weighted by Crippen LogP contribution is -2.65. The van der Waals surface area contributed by atoms with Gasteiger partial charge in [0.15, 0.2) is 27.6 Å². The first kappa shape index (κ1) is 26.0. The second-order valence-corrected chi connectivity index (χ2v) is 13.6. The van der Waals surface area contributed by atoms with Crippen LogP contribution in [0.25, 0.3) is 0 Å². The average molecular weight is 536 g/mol. The summed E-state index contributed by atoms with van der Waals surface area (Å²) in [6, 6.07) is 0. The molecule has 1 aromatic rings. The molecule has 2 fully saturated rings. The number of aliphatic hydroxyl groups excluding tert-OH is 2. The Morgan fingerprint density at radius 1 is 1.36 bits per heavy atom. The van der Waals surface area contributed by atoms with Gasteiger partial charge in [0.05, 0.1) is 12.0 Å². The monoisotopic (exact) mass is 535 g/mol. The molecule has 2 unspecified atom stereocenters. The Morgan fingerprint density at radius 2 is 2.03 bits per heavy atom. The van der Waals surface area contributed by atoms with Gasteiger partial charge < -0.3 is 20.1 Å². The SMILES string of the molecule is CC1=CC23C(=O)[C@@H](C=C(CO)[C@@H](O)[C@]2(O)[C@H]1OC(=O)c1nc(Cl)sc1C(C)C)[C@H]1[C@@H](CC3C)C1(C)C. The predicted molar refractivity (Wildman–Crippen MR) is 136 cm³/mol. The Kier molecular flexibility index (Phi) is 5.94. The van der Waals surface area contributed by atoms with Crippen LogP contribution < -0.4 is 0 Å². The summed E-state index contributed by atoms with van der Waals surface area (Å²) < 4.78 is 6.12. The van der Waals surface area contributed by atoms with Crippen LogP contribution in [0, 0.1) is 34.5 Å². The number of ether oxygens (including phenoxy) is 1. The summed E-state index contributed by atoms with van der Waals surface area (Å²) in [6.07, 6.45) is 1.17. The number of rotatable bonds is 4. The quantitative estimate of drug-likeness (QED) is 0.395. The molecule has 0 saturated heterocycles. The van der Waals surface area contributed by atoms with E-state index >= 15 is 0 Å². The van der Waals surface area contributed by atoms with Crippen LogP contribution in [0.5, 0.6) is 0 Å². The van der Waals surface area contributed by atoms with Crippen molar-refractivity contribution in [2.24, 2.45) is 34.5 Å². The molecular formula is C27H34ClNO6S. The number of carbonyl (C=O) groups is 2. The number of halogens is 1. The third-order valence-corrected chi connectivity index (χ3v) is 10.9. The number of ketones is 1. The van der Waals surface area contributed by atoms with Crippen molar-refractivity contribution in [3.63, 3.8) is 0 Å². The van der Waals surface area contributed by atoms with Crippen LogP contribution in [0.15, 0.2) is 23.3 Å². The molecule has 4 aliphatic rings. The number of hydrogen-bond donors (Lipinski definition) is 3. The van der Waals surface area contributed by atoms with Gasteiger partial charge in [0, 0.05) is 10.8 Å². The van der Waals surface area contributed by atoms with E-state index < -0.39 is 41.7 Å². The predicted octanol–water partition coefficient (Wildman–Crippen LogP) is 3.91. The van der Waals surface area contributed by atoms with Gasteiger partial charge in [0.1, 0.15) is 6.10 Å². The zero-order chi connectivity index (χ0) is 26.5. The van der Waals surface area contributed by atoms with Crippen LogP contribution in [-0.2, 0) is 9.53 Å². The number of carbonyl (C=O) groups excluding carboxylic acids is 2. The van der Waals surface area contributed by atoms with Gasteiger partial charge in [-0.15, -0.1) is 11.3 Å². The largest absolute Gasteiger partial charge is 0.450 e. The summed E-state index contributed by atoms with van der Waals surface area (Å²) in [4.78, 5) is 32.6. The third-order valence-electron chi connectivity index (χ3n) is 9.47. The average Bonchev–Trinajstić information content (AvgIpc) is 3.08. The maximum Gasteiger partial charge on any atom is 0.358 e. The molecule has 1 aromatic heterocycles. The minimum absolute atomic E-state index is 0.0288. The van der Waals surface area contributed by atoms with Gasteiger partial charge in [-0.1, -0.05) is 58.4 Å². The molecule has 196 valence electrons. The number of allylic oxidation sites excluding steroid dienone is 1. The van der Waals surface area contributed by atoms with Crippen molar-refractivity contribution in [1.82, 2.24) is 4.98 Å². The summed E-state index contributed by atoms with van der Waals surface area (Å²) in [6.45, 7) is 11.2.